The van der Waals surface area contributed by atoms with Crippen LogP contribution in [0.5, 0.6) is 11.5 Å². The second-order valence-electron chi connectivity index (χ2n) is 17.8. The first kappa shape index (κ1) is 59.8. The van der Waals surface area contributed by atoms with Gasteiger partial charge in [-0.1, -0.05) is 48.9 Å². The van der Waals surface area contributed by atoms with Crippen molar-refractivity contribution in [1.82, 2.24) is 42.2 Å². The van der Waals surface area contributed by atoms with Gasteiger partial charge in [0.25, 0.3) is 0 Å². The molecule has 0 bridgehead atoms. The van der Waals surface area contributed by atoms with Gasteiger partial charge in [-0.05, 0) is 92.2 Å². The number of hydrogen-bond donors (Lipinski definition) is 16. The van der Waals surface area contributed by atoms with Gasteiger partial charge >= 0.3 is 5.97 Å². The first-order valence-corrected chi connectivity index (χ1v) is 24.9. The molecule has 406 valence electrons. The molecule has 0 aliphatic carbocycles. The molecule has 25 heteroatoms. The van der Waals surface area contributed by atoms with Crippen LogP contribution in [0.3, 0.4) is 0 Å². The summed E-state index contributed by atoms with van der Waals surface area (Å²) in [5.41, 5.74) is 24.8. The molecule has 7 unspecified atom stereocenters. The summed E-state index contributed by atoms with van der Waals surface area (Å²) in [5.74, 6) is -8.95. The fourth-order valence-electron chi connectivity index (χ4n) is 7.78. The number of nitrogens with one attached hydrogen (secondary N) is 8. The van der Waals surface area contributed by atoms with E-state index in [4.69, 9.17) is 22.9 Å². The summed E-state index contributed by atoms with van der Waals surface area (Å²) in [6.07, 6.45) is 2.73. The number of aromatic amines is 1. The van der Waals surface area contributed by atoms with Crippen LogP contribution >= 0.6 is 12.6 Å². The van der Waals surface area contributed by atoms with Gasteiger partial charge < -0.3 is 80.5 Å². The van der Waals surface area contributed by atoms with Gasteiger partial charge in [-0.25, -0.2) is 4.79 Å². The number of unbranched alkanes of at least 4 members (excludes halogenated alkanes) is 2. The highest BCUT2D eigenvalue weighted by Crippen LogP contribution is 2.20. The standard InChI is InChI=1S/C50H68N12O12S/c51-19-5-3-8-34(53)44(67)58-40(24-42(54)65)48(71)61-39(23-30-25-55-35-9-2-1-7-33(30)35)47(70)60-38(22-29-13-17-32(64)18-14-29)46(69)62-41(27-75)49(72)59-37(21-28-11-15-31(63)16-12-28)45(68)56-26-43(66)57-36(50(73)74)10-4-6-20-52/h1-2,7,9,11-18,25,34,36-41,55,63-64,75H,3-6,8,10,19-24,26-27,51-53H2,(H2,54,65)(H,56,68)(H,57,66)(H,58,67)(H,59,72)(H,60,70)(H,61,71)(H,62,69)(H,73,74). The number of hydrogen-bond acceptors (Lipinski definition) is 15. The van der Waals surface area contributed by atoms with Crippen LogP contribution in [-0.2, 0) is 62.4 Å². The summed E-state index contributed by atoms with van der Waals surface area (Å²) in [7, 11) is 0. The van der Waals surface area contributed by atoms with Crippen LogP contribution in [-0.4, -0.2) is 141 Å². The van der Waals surface area contributed by atoms with E-state index in [1.54, 1.807) is 30.5 Å². The number of carbonyl (C=O) groups is 9. The fourth-order valence-corrected chi connectivity index (χ4v) is 8.04. The van der Waals surface area contributed by atoms with Crippen LogP contribution in [0.25, 0.3) is 10.9 Å². The number of thiol groups is 1. The van der Waals surface area contributed by atoms with Crippen molar-refractivity contribution >= 4 is 76.8 Å². The number of carbonyl (C=O) groups excluding carboxylic acids is 8. The van der Waals surface area contributed by atoms with Crippen LogP contribution in [0.2, 0.25) is 0 Å². The minimum absolute atomic E-state index is 0.0790. The van der Waals surface area contributed by atoms with Crippen molar-refractivity contribution in [1.29, 1.82) is 0 Å². The zero-order valence-electron chi connectivity index (χ0n) is 41.2. The van der Waals surface area contributed by atoms with Crippen molar-refractivity contribution in [3.8, 4) is 11.5 Å². The molecule has 0 fully saturated rings. The molecule has 8 amide bonds. The molecule has 0 aliphatic heterocycles. The van der Waals surface area contributed by atoms with Crippen LogP contribution in [0.1, 0.15) is 61.6 Å². The third kappa shape index (κ3) is 19.9. The largest absolute Gasteiger partial charge is 0.508 e. The van der Waals surface area contributed by atoms with Crippen molar-refractivity contribution < 1.29 is 58.5 Å². The van der Waals surface area contributed by atoms with Gasteiger partial charge in [0.15, 0.2) is 0 Å². The predicted molar refractivity (Wildman–Crippen MR) is 279 cm³/mol. The first-order chi connectivity index (χ1) is 35.8. The van der Waals surface area contributed by atoms with Crippen molar-refractivity contribution in [3.05, 3.63) is 95.7 Å². The van der Waals surface area contributed by atoms with Crippen molar-refractivity contribution in [3.63, 3.8) is 0 Å². The van der Waals surface area contributed by atoms with E-state index in [0.717, 1.165) is 0 Å². The number of fused-ring (bicyclic) bond motifs is 1. The van der Waals surface area contributed by atoms with Gasteiger partial charge in [-0.3, -0.25) is 38.4 Å². The van der Waals surface area contributed by atoms with Crippen LogP contribution in [0.15, 0.2) is 79.0 Å². The Morgan fingerprint density at radius 2 is 1.04 bits per heavy atom. The number of phenolic OH excluding ortho intramolecular Hbond substituents is 2. The third-order valence-electron chi connectivity index (χ3n) is 11.9. The number of rotatable bonds is 32. The van der Waals surface area contributed by atoms with E-state index in [-0.39, 0.29) is 49.4 Å². The lowest BCUT2D eigenvalue weighted by atomic mass is 10.0. The predicted octanol–water partition coefficient (Wildman–Crippen LogP) is -1.89. The molecular formula is C50H68N12O12S. The monoisotopic (exact) mass is 1060 g/mol. The number of carboxylic acids is 1. The molecule has 0 saturated heterocycles. The molecule has 4 rings (SSSR count). The molecule has 24 nitrogen and oxygen atoms in total. The Balaban J connectivity index is 1.61. The summed E-state index contributed by atoms with van der Waals surface area (Å²) in [6, 6.07) is 8.72. The first-order valence-electron chi connectivity index (χ1n) is 24.3. The maximum atomic E-state index is 14.6. The number of aromatic hydroxyl groups is 2. The zero-order valence-corrected chi connectivity index (χ0v) is 42.1. The highest BCUT2D eigenvalue weighted by atomic mass is 32.1. The topological polar surface area (TPSA) is 418 Å². The highest BCUT2D eigenvalue weighted by Gasteiger charge is 2.34. The van der Waals surface area contributed by atoms with E-state index in [9.17, 15) is 58.5 Å². The SMILES string of the molecule is NCCCCC(N)C(=O)NC(CC(N)=O)C(=O)NC(Cc1c[nH]c2ccccc12)C(=O)NC(Cc1ccc(O)cc1)C(=O)NC(CS)C(=O)NC(Cc1ccc(O)cc1)C(=O)NCC(=O)NC(CCCCN)C(=O)O. The van der Waals surface area contributed by atoms with Gasteiger partial charge in [0.05, 0.1) is 19.0 Å². The second kappa shape index (κ2) is 30.5. The molecule has 1 aromatic heterocycles. The van der Waals surface area contributed by atoms with Crippen LogP contribution in [0.4, 0.5) is 0 Å². The lowest BCUT2D eigenvalue weighted by Gasteiger charge is -2.27. The summed E-state index contributed by atoms with van der Waals surface area (Å²) >= 11 is 4.31. The lowest BCUT2D eigenvalue weighted by Crippen LogP contribution is -2.61. The van der Waals surface area contributed by atoms with Gasteiger partial charge in [-0.15, -0.1) is 0 Å². The Morgan fingerprint density at radius 1 is 0.560 bits per heavy atom. The lowest BCUT2D eigenvalue weighted by molar-refractivity contribution is -0.142. The molecule has 4 aromatic rings. The minimum atomic E-state index is -1.57. The summed E-state index contributed by atoms with van der Waals surface area (Å²) in [6.45, 7) is 0.0290. The molecule has 0 saturated carbocycles. The highest BCUT2D eigenvalue weighted by molar-refractivity contribution is 7.80. The quantitative estimate of drug-likeness (QED) is 0.0188. The Bertz CT molecular complexity index is 2580. The second-order valence-corrected chi connectivity index (χ2v) is 18.2. The van der Waals surface area contributed by atoms with Gasteiger partial charge in [0.2, 0.25) is 47.3 Å². The number of nitrogens with two attached hydrogens (primary N) is 4. The Kier molecular flexibility index (Phi) is 24.3. The van der Waals surface area contributed by atoms with E-state index in [1.165, 1.54) is 48.5 Å². The maximum absolute atomic E-state index is 14.6. The number of aliphatic carboxylic acids is 1. The van der Waals surface area contributed by atoms with Crippen molar-refractivity contribution in [2.24, 2.45) is 22.9 Å². The van der Waals surface area contributed by atoms with E-state index in [0.29, 0.717) is 66.4 Å². The molecule has 1 heterocycles. The average molecular weight is 1060 g/mol. The molecule has 75 heavy (non-hydrogen) atoms. The number of amides is 8. The van der Waals surface area contributed by atoms with Gasteiger partial charge in [-0.2, -0.15) is 12.6 Å². The van der Waals surface area contributed by atoms with Gasteiger partial charge in [0.1, 0.15) is 47.8 Å². The fraction of sp³-hybridized carbons (Fsp3) is 0.420. The van der Waals surface area contributed by atoms with E-state index in [1.807, 2.05) is 0 Å². The van der Waals surface area contributed by atoms with E-state index < -0.39 is 108 Å². The Morgan fingerprint density at radius 3 is 1.57 bits per heavy atom. The van der Waals surface area contributed by atoms with E-state index >= 15 is 0 Å². The molecule has 0 aliphatic rings. The van der Waals surface area contributed by atoms with Crippen LogP contribution < -0.4 is 60.2 Å². The average Bonchev–Trinajstić information content (AvgIpc) is 3.79. The summed E-state index contributed by atoms with van der Waals surface area (Å²) in [4.78, 5) is 124. The van der Waals surface area contributed by atoms with Crippen molar-refractivity contribution in [2.45, 2.75) is 107 Å². The normalized spacial score (nSPS) is 13.9. The number of benzene rings is 3. The number of para-hydroxylation sites is 1. The molecule has 7 atom stereocenters. The zero-order chi connectivity index (χ0) is 55.0. The molecular weight excluding hydrogens is 993 g/mol. The molecule has 3 aromatic carbocycles. The summed E-state index contributed by atoms with van der Waals surface area (Å²) in [5, 5.41) is 47.8. The smallest absolute Gasteiger partial charge is 0.326 e. The number of primary amides is 1. The number of phenols is 2. The molecule has 0 spiro atoms. The Labute approximate surface area is 438 Å². The minimum Gasteiger partial charge on any atom is -0.508 e. The number of carboxylic acid groups (broad SMARTS) is 1. The van der Waals surface area contributed by atoms with Crippen LogP contribution in [0, 0.1) is 0 Å². The van der Waals surface area contributed by atoms with Crippen molar-refractivity contribution in [2.75, 3.05) is 25.4 Å². The summed E-state index contributed by atoms with van der Waals surface area (Å²) < 4.78 is 0. The maximum Gasteiger partial charge on any atom is 0.326 e. The number of aromatic nitrogens is 1. The van der Waals surface area contributed by atoms with E-state index in [2.05, 4.69) is 54.8 Å². The third-order valence-corrected chi connectivity index (χ3v) is 12.3. The molecule has 19 N–H and O–H groups in total. The number of H-pyrrole nitrogens is 1. The Hall–Kier alpha value is -7.74. The molecule has 0 radical (unpaired) electrons. The van der Waals surface area contributed by atoms with Gasteiger partial charge in [0, 0.05) is 42.1 Å².